The molecular weight excluding hydrogens is 202 g/mol. The Bertz CT molecular complexity index is 350. The summed E-state index contributed by atoms with van der Waals surface area (Å²) in [6.45, 7) is 3.14. The van der Waals surface area contributed by atoms with Gasteiger partial charge in [0, 0.05) is 0 Å². The minimum atomic E-state index is -0.275. The summed E-state index contributed by atoms with van der Waals surface area (Å²) in [6.07, 6.45) is 1.06. The molecule has 3 heteroatoms. The van der Waals surface area contributed by atoms with Gasteiger partial charge in [-0.3, -0.25) is 0 Å². The van der Waals surface area contributed by atoms with E-state index >= 15 is 0 Å². The highest BCUT2D eigenvalue weighted by Gasteiger charge is 2.09. The van der Waals surface area contributed by atoms with E-state index in [4.69, 9.17) is 4.74 Å². The van der Waals surface area contributed by atoms with Crippen LogP contribution in [0.2, 0.25) is 0 Å². The van der Waals surface area contributed by atoms with E-state index in [9.17, 15) is 4.79 Å². The van der Waals surface area contributed by atoms with Gasteiger partial charge in [-0.2, -0.15) is 0 Å². The molecule has 0 spiro atoms. The molecule has 1 N–H and O–H groups in total. The van der Waals surface area contributed by atoms with Crippen LogP contribution in [0.5, 0.6) is 0 Å². The van der Waals surface area contributed by atoms with E-state index in [1.54, 1.807) is 6.07 Å². The first-order valence-corrected chi connectivity index (χ1v) is 5.52. The Labute approximate surface area is 96.8 Å². The average molecular weight is 221 g/mol. The smallest absolute Gasteiger partial charge is 0.337 e. The molecule has 0 aliphatic carbocycles. The van der Waals surface area contributed by atoms with Crippen molar-refractivity contribution < 1.29 is 9.53 Å². The minimum absolute atomic E-state index is 0.275. The van der Waals surface area contributed by atoms with E-state index in [-0.39, 0.29) is 5.97 Å². The summed E-state index contributed by atoms with van der Waals surface area (Å²) in [7, 11) is 3.34. The van der Waals surface area contributed by atoms with E-state index in [1.807, 2.05) is 25.2 Å². The third kappa shape index (κ3) is 3.35. The number of ether oxygens (including phenoxy) is 1. The van der Waals surface area contributed by atoms with Gasteiger partial charge < -0.3 is 10.1 Å². The molecule has 1 rings (SSSR count). The summed E-state index contributed by atoms with van der Waals surface area (Å²) in [5.41, 5.74) is 1.80. The van der Waals surface area contributed by atoms with E-state index < -0.39 is 0 Å². The van der Waals surface area contributed by atoms with Gasteiger partial charge in [0.05, 0.1) is 12.7 Å². The van der Waals surface area contributed by atoms with Crippen LogP contribution in [-0.2, 0) is 4.74 Å². The molecule has 0 fully saturated rings. The van der Waals surface area contributed by atoms with Crippen molar-refractivity contribution in [2.24, 2.45) is 0 Å². The van der Waals surface area contributed by atoms with Crippen LogP contribution in [0.15, 0.2) is 24.3 Å². The summed E-state index contributed by atoms with van der Waals surface area (Å²) in [6, 6.07) is 7.64. The number of esters is 1. The third-order valence-corrected chi connectivity index (χ3v) is 2.70. The van der Waals surface area contributed by atoms with Crippen LogP contribution < -0.4 is 5.32 Å². The number of benzene rings is 1. The number of carbonyl (C=O) groups is 1. The fourth-order valence-electron chi connectivity index (χ4n) is 1.62. The maximum absolute atomic E-state index is 11.4. The molecule has 1 unspecified atom stereocenters. The van der Waals surface area contributed by atoms with Crippen molar-refractivity contribution >= 4 is 5.97 Å². The summed E-state index contributed by atoms with van der Waals surface area (Å²) >= 11 is 0. The van der Waals surface area contributed by atoms with E-state index in [1.165, 1.54) is 12.7 Å². The SMILES string of the molecule is CNCCC(C)c1cccc(C(=O)OC)c1. The Hall–Kier alpha value is -1.35. The molecule has 0 aromatic heterocycles. The molecule has 0 radical (unpaired) electrons. The van der Waals surface area contributed by atoms with Crippen molar-refractivity contribution in [1.82, 2.24) is 5.32 Å². The first kappa shape index (κ1) is 12.7. The normalized spacial score (nSPS) is 12.2. The number of hydrogen-bond acceptors (Lipinski definition) is 3. The fourth-order valence-corrected chi connectivity index (χ4v) is 1.62. The van der Waals surface area contributed by atoms with Crippen molar-refractivity contribution in [2.45, 2.75) is 19.3 Å². The Morgan fingerprint density at radius 3 is 2.88 bits per heavy atom. The highest BCUT2D eigenvalue weighted by atomic mass is 16.5. The molecule has 1 aromatic rings. The summed E-state index contributed by atoms with van der Waals surface area (Å²) in [5, 5.41) is 3.13. The average Bonchev–Trinajstić information content (AvgIpc) is 2.35. The zero-order valence-corrected chi connectivity index (χ0v) is 10.1. The number of hydrogen-bond donors (Lipinski definition) is 1. The van der Waals surface area contributed by atoms with Gasteiger partial charge in [0.25, 0.3) is 0 Å². The van der Waals surface area contributed by atoms with Gasteiger partial charge in [-0.1, -0.05) is 19.1 Å². The van der Waals surface area contributed by atoms with Gasteiger partial charge in [-0.15, -0.1) is 0 Å². The van der Waals surface area contributed by atoms with Crippen LogP contribution in [0.25, 0.3) is 0 Å². The van der Waals surface area contributed by atoms with Gasteiger partial charge in [0.15, 0.2) is 0 Å². The molecule has 1 atom stereocenters. The lowest BCUT2D eigenvalue weighted by Gasteiger charge is -2.12. The maximum Gasteiger partial charge on any atom is 0.337 e. The zero-order valence-electron chi connectivity index (χ0n) is 10.1. The van der Waals surface area contributed by atoms with E-state index in [2.05, 4.69) is 12.2 Å². The monoisotopic (exact) mass is 221 g/mol. The largest absolute Gasteiger partial charge is 0.465 e. The minimum Gasteiger partial charge on any atom is -0.465 e. The molecule has 16 heavy (non-hydrogen) atoms. The number of methoxy groups -OCH3 is 1. The van der Waals surface area contributed by atoms with Crippen molar-refractivity contribution in [3.05, 3.63) is 35.4 Å². The van der Waals surface area contributed by atoms with Crippen LogP contribution in [0.4, 0.5) is 0 Å². The predicted octanol–water partition coefficient (Wildman–Crippen LogP) is 2.19. The third-order valence-electron chi connectivity index (χ3n) is 2.70. The number of rotatable bonds is 5. The van der Waals surface area contributed by atoms with Crippen LogP contribution in [0.1, 0.15) is 35.2 Å². The maximum atomic E-state index is 11.4. The number of nitrogens with one attached hydrogen (secondary N) is 1. The molecule has 1 aromatic carbocycles. The Balaban J connectivity index is 2.77. The van der Waals surface area contributed by atoms with E-state index in [0.29, 0.717) is 11.5 Å². The lowest BCUT2D eigenvalue weighted by atomic mass is 9.96. The predicted molar refractivity (Wildman–Crippen MR) is 64.7 cm³/mol. The molecule has 0 aliphatic rings. The lowest BCUT2D eigenvalue weighted by molar-refractivity contribution is 0.0600. The summed E-state index contributed by atoms with van der Waals surface area (Å²) in [5.74, 6) is 0.166. The summed E-state index contributed by atoms with van der Waals surface area (Å²) in [4.78, 5) is 11.4. The Morgan fingerprint density at radius 2 is 2.25 bits per heavy atom. The molecule has 0 saturated heterocycles. The molecule has 0 aliphatic heterocycles. The van der Waals surface area contributed by atoms with Gasteiger partial charge in [-0.05, 0) is 43.6 Å². The van der Waals surface area contributed by atoms with Crippen molar-refractivity contribution in [3.8, 4) is 0 Å². The van der Waals surface area contributed by atoms with Gasteiger partial charge in [0.2, 0.25) is 0 Å². The van der Waals surface area contributed by atoms with Gasteiger partial charge >= 0.3 is 5.97 Å². The van der Waals surface area contributed by atoms with Crippen LogP contribution >= 0.6 is 0 Å². The van der Waals surface area contributed by atoms with Crippen LogP contribution in [0, 0.1) is 0 Å². The van der Waals surface area contributed by atoms with Crippen molar-refractivity contribution in [1.29, 1.82) is 0 Å². The second-order valence-electron chi connectivity index (χ2n) is 3.91. The number of carbonyl (C=O) groups excluding carboxylic acids is 1. The quantitative estimate of drug-likeness (QED) is 0.774. The second-order valence-corrected chi connectivity index (χ2v) is 3.91. The molecule has 88 valence electrons. The van der Waals surface area contributed by atoms with Gasteiger partial charge in [-0.25, -0.2) is 4.79 Å². The first-order valence-electron chi connectivity index (χ1n) is 5.52. The van der Waals surface area contributed by atoms with E-state index in [0.717, 1.165) is 13.0 Å². The molecule has 0 bridgehead atoms. The van der Waals surface area contributed by atoms with Crippen LogP contribution in [0.3, 0.4) is 0 Å². The topological polar surface area (TPSA) is 38.3 Å². The molecule has 0 saturated carbocycles. The second kappa shape index (κ2) is 6.28. The standard InChI is InChI=1S/C13H19NO2/c1-10(7-8-14-2)11-5-4-6-12(9-11)13(15)16-3/h4-6,9-10,14H,7-8H2,1-3H3. The first-order chi connectivity index (χ1) is 7.69. The molecule has 0 heterocycles. The van der Waals surface area contributed by atoms with Crippen molar-refractivity contribution in [3.63, 3.8) is 0 Å². The highest BCUT2D eigenvalue weighted by molar-refractivity contribution is 5.89. The fraction of sp³-hybridized carbons (Fsp3) is 0.462. The Morgan fingerprint density at radius 1 is 1.50 bits per heavy atom. The summed E-state index contributed by atoms with van der Waals surface area (Å²) < 4.78 is 4.70. The molecular formula is C13H19NO2. The Kier molecular flexibility index (Phi) is 4.99. The van der Waals surface area contributed by atoms with Crippen LogP contribution in [-0.4, -0.2) is 26.7 Å². The lowest BCUT2D eigenvalue weighted by Crippen LogP contribution is -2.11. The molecule has 0 amide bonds. The zero-order chi connectivity index (χ0) is 12.0. The molecule has 3 nitrogen and oxygen atoms in total. The van der Waals surface area contributed by atoms with Gasteiger partial charge in [0.1, 0.15) is 0 Å². The highest BCUT2D eigenvalue weighted by Crippen LogP contribution is 2.19. The van der Waals surface area contributed by atoms with Crippen molar-refractivity contribution in [2.75, 3.05) is 20.7 Å².